The van der Waals surface area contributed by atoms with Gasteiger partial charge in [-0.3, -0.25) is 0 Å². The standard InChI is InChI=1S/C37H45N5.I2/c1-16-17(2)19(4)35-34(18(16)3)38-28(13)32-22(7)20(5)30(40-32)26(11)36-24(9)25(10)37(42(36)15)27(12)31-21(6)23(8)33(41-31)29(14)39-35;1-2/h1-15H3;. The molecular weight excluding hydrogens is 768 g/mol. The van der Waals surface area contributed by atoms with Crippen molar-refractivity contribution in [2.45, 2.75) is 96.9 Å². The van der Waals surface area contributed by atoms with Gasteiger partial charge in [-0.25, -0.2) is 19.9 Å². The van der Waals surface area contributed by atoms with Crippen molar-refractivity contribution < 1.29 is 0 Å². The number of hydrogen-bond donors (Lipinski definition) is 0. The van der Waals surface area contributed by atoms with Gasteiger partial charge in [-0.15, -0.1) is 0 Å². The minimum atomic E-state index is 0.907. The summed E-state index contributed by atoms with van der Waals surface area (Å²) in [6, 6.07) is 0. The highest BCUT2D eigenvalue weighted by molar-refractivity contribution is 15.0. The average molecular weight is 814 g/mol. The Morgan fingerprint density at radius 3 is 0.977 bits per heavy atom. The second kappa shape index (κ2) is 12.8. The van der Waals surface area contributed by atoms with Crippen LogP contribution in [-0.2, 0) is 7.05 Å². The highest BCUT2D eigenvalue weighted by Crippen LogP contribution is 2.38. The number of aryl methyl sites for hydroxylation is 9. The van der Waals surface area contributed by atoms with Gasteiger partial charge in [0.2, 0.25) is 0 Å². The fourth-order valence-corrected chi connectivity index (χ4v) is 6.95. The molecule has 4 heterocycles. The fraction of sp³-hybridized carbons (Fsp3) is 0.405. The molecule has 2 aromatic heterocycles. The lowest BCUT2D eigenvalue weighted by Gasteiger charge is -2.12. The summed E-state index contributed by atoms with van der Waals surface area (Å²) in [6.45, 7) is 30.4. The Bertz CT molecular complexity index is 1880. The van der Waals surface area contributed by atoms with E-state index >= 15 is 0 Å². The van der Waals surface area contributed by atoms with Gasteiger partial charge in [0.15, 0.2) is 0 Å². The maximum atomic E-state index is 5.30. The number of rotatable bonds is 0. The van der Waals surface area contributed by atoms with Crippen molar-refractivity contribution in [1.29, 1.82) is 0 Å². The van der Waals surface area contributed by atoms with Crippen molar-refractivity contribution in [1.82, 2.24) is 24.5 Å². The Hall–Kier alpha value is -2.40. The number of halogens is 2. The van der Waals surface area contributed by atoms with Crippen LogP contribution in [0.3, 0.4) is 0 Å². The van der Waals surface area contributed by atoms with E-state index in [0.29, 0.717) is 0 Å². The van der Waals surface area contributed by atoms with Gasteiger partial charge in [-0.2, -0.15) is 0 Å². The molecule has 5 nitrogen and oxygen atoms in total. The third kappa shape index (κ3) is 5.29. The molecule has 2 aliphatic heterocycles. The van der Waals surface area contributed by atoms with E-state index in [2.05, 4.69) is 146 Å². The number of fused-ring (bicyclic) bond motifs is 7. The summed E-state index contributed by atoms with van der Waals surface area (Å²) in [5.74, 6) is 0. The van der Waals surface area contributed by atoms with Crippen LogP contribution in [0.5, 0.6) is 0 Å². The Balaban J connectivity index is 0.00000216. The molecule has 0 saturated heterocycles. The smallest absolute Gasteiger partial charge is 0.0925 e. The van der Waals surface area contributed by atoms with Crippen molar-refractivity contribution in [2.24, 2.45) is 7.05 Å². The third-order valence-corrected chi connectivity index (χ3v) is 10.2. The Morgan fingerprint density at radius 2 is 0.659 bits per heavy atom. The predicted octanol–water partition coefficient (Wildman–Crippen LogP) is 11.1. The van der Waals surface area contributed by atoms with Crippen LogP contribution in [0.1, 0.15) is 106 Å². The van der Waals surface area contributed by atoms with E-state index in [4.69, 9.17) is 19.9 Å². The fourth-order valence-electron chi connectivity index (χ4n) is 6.95. The van der Waals surface area contributed by atoms with Gasteiger partial charge in [-0.1, -0.05) is 0 Å². The lowest BCUT2D eigenvalue weighted by Crippen LogP contribution is -1.99. The van der Waals surface area contributed by atoms with Crippen LogP contribution < -0.4 is 0 Å². The van der Waals surface area contributed by atoms with E-state index in [1.54, 1.807) is 0 Å². The van der Waals surface area contributed by atoms with Crippen LogP contribution in [0.15, 0.2) is 0 Å². The lowest BCUT2D eigenvalue weighted by molar-refractivity contribution is 0.990. The van der Waals surface area contributed by atoms with Crippen molar-refractivity contribution in [2.75, 3.05) is 0 Å². The molecule has 0 fully saturated rings. The first-order valence-corrected chi connectivity index (χ1v) is 21.4. The molecule has 0 spiro atoms. The Morgan fingerprint density at radius 1 is 0.364 bits per heavy atom. The zero-order valence-corrected chi connectivity index (χ0v) is 33.3. The lowest BCUT2D eigenvalue weighted by atomic mass is 9.97. The van der Waals surface area contributed by atoms with Crippen LogP contribution in [-0.4, -0.2) is 24.5 Å². The molecule has 0 saturated carbocycles. The summed E-state index contributed by atoms with van der Waals surface area (Å²) < 4.78 is 2.34. The molecule has 0 amide bonds. The zero-order valence-electron chi connectivity index (χ0n) is 29.0. The summed E-state index contributed by atoms with van der Waals surface area (Å²) in [7, 11) is 2.18. The largest absolute Gasteiger partial charge is 0.344 e. The van der Waals surface area contributed by atoms with E-state index < -0.39 is 0 Å². The molecular formula is C37H45I2N5. The summed E-state index contributed by atoms with van der Waals surface area (Å²) >= 11 is 4.24. The van der Waals surface area contributed by atoms with Gasteiger partial charge in [0.1, 0.15) is 0 Å². The molecule has 5 rings (SSSR count). The molecule has 7 heteroatoms. The van der Waals surface area contributed by atoms with Crippen molar-refractivity contribution in [3.8, 4) is 0 Å². The highest BCUT2D eigenvalue weighted by Gasteiger charge is 2.23. The maximum absolute atomic E-state index is 5.30. The van der Waals surface area contributed by atoms with E-state index in [0.717, 1.165) is 56.3 Å². The number of nitrogens with zero attached hydrogens (tertiary/aromatic N) is 5. The number of allylic oxidation sites excluding steroid dienone is 4. The van der Waals surface area contributed by atoms with Gasteiger partial charge >= 0.3 is 0 Å². The minimum Gasteiger partial charge on any atom is -0.344 e. The highest BCUT2D eigenvalue weighted by atomic mass is 128. The molecule has 0 N–H and O–H groups in total. The normalized spacial score (nSPS) is 12.9. The van der Waals surface area contributed by atoms with Gasteiger partial charge in [-0.05, 0) is 164 Å². The molecule has 3 aromatic rings. The van der Waals surface area contributed by atoms with Crippen LogP contribution in [0.2, 0.25) is 0 Å². The number of hydrogen-bond acceptors (Lipinski definition) is 4. The summed E-state index contributed by atoms with van der Waals surface area (Å²) in [4.78, 5) is 21.1. The second-order valence-electron chi connectivity index (χ2n) is 12.5. The van der Waals surface area contributed by atoms with Crippen LogP contribution in [0.25, 0.3) is 44.4 Å². The molecule has 0 atom stereocenters. The van der Waals surface area contributed by atoms with Gasteiger partial charge in [0.05, 0.1) is 45.2 Å². The molecule has 1 aromatic carbocycles. The quantitative estimate of drug-likeness (QED) is 0.212. The van der Waals surface area contributed by atoms with E-state index in [1.807, 2.05) is 0 Å². The summed E-state index contributed by atoms with van der Waals surface area (Å²) in [5, 5.41) is 0. The van der Waals surface area contributed by atoms with Gasteiger partial charge in [0, 0.05) is 55.3 Å². The van der Waals surface area contributed by atoms with E-state index in [9.17, 15) is 0 Å². The topological polar surface area (TPSA) is 56.5 Å². The minimum absolute atomic E-state index is 0.907. The van der Waals surface area contributed by atoms with Gasteiger partial charge in [0.25, 0.3) is 0 Å². The Labute approximate surface area is 286 Å². The third-order valence-electron chi connectivity index (χ3n) is 10.2. The van der Waals surface area contributed by atoms with Crippen LogP contribution in [0.4, 0.5) is 0 Å². The first-order valence-electron chi connectivity index (χ1n) is 15.1. The maximum Gasteiger partial charge on any atom is 0.0925 e. The molecule has 44 heavy (non-hydrogen) atoms. The molecule has 0 radical (unpaired) electrons. The summed E-state index contributed by atoms with van der Waals surface area (Å²) in [6.07, 6.45) is 0. The number of benzene rings is 1. The first kappa shape index (κ1) is 34.5. The molecule has 6 bridgehead atoms. The summed E-state index contributed by atoms with van der Waals surface area (Å²) in [5.41, 5.74) is 24.6. The van der Waals surface area contributed by atoms with E-state index in [-0.39, 0.29) is 0 Å². The number of aromatic nitrogens is 5. The average Bonchev–Trinajstić information content (AvgIpc) is 3.55. The molecule has 0 aliphatic carbocycles. The van der Waals surface area contributed by atoms with Crippen LogP contribution in [0, 0.1) is 69.2 Å². The molecule has 232 valence electrons. The van der Waals surface area contributed by atoms with Crippen molar-refractivity contribution >= 4 is 81.6 Å². The van der Waals surface area contributed by atoms with Crippen LogP contribution >= 0.6 is 37.2 Å². The first-order chi connectivity index (χ1) is 20.6. The van der Waals surface area contributed by atoms with Gasteiger partial charge < -0.3 is 4.57 Å². The van der Waals surface area contributed by atoms with Crippen molar-refractivity contribution in [3.05, 3.63) is 78.7 Å². The second-order valence-corrected chi connectivity index (χ2v) is 12.5. The monoisotopic (exact) mass is 813 g/mol. The molecule has 2 aliphatic rings. The molecule has 0 unspecified atom stereocenters. The predicted molar refractivity (Wildman–Crippen MR) is 207 cm³/mol. The SMILES string of the molecule is CC1=C(C)c2nc1c(C)nc1c(C)c(C)c(C)c(C)c1nc(C)c1nc(c(C)c3c(C)c(C)c(c2C)n3C)C(C)=C1C.II. The van der Waals surface area contributed by atoms with Crippen molar-refractivity contribution in [3.63, 3.8) is 0 Å². The Kier molecular flexibility index (Phi) is 10.0. The van der Waals surface area contributed by atoms with E-state index in [1.165, 1.54) is 66.7 Å². The zero-order chi connectivity index (χ0) is 33.1.